The molecule has 1 aromatic rings. The predicted molar refractivity (Wildman–Crippen MR) is 89.3 cm³/mol. The summed E-state index contributed by atoms with van der Waals surface area (Å²) in [6, 6.07) is 8.29. The van der Waals surface area contributed by atoms with Gasteiger partial charge in [-0.25, -0.2) is 0 Å². The predicted octanol–water partition coefficient (Wildman–Crippen LogP) is 2.48. The van der Waals surface area contributed by atoms with Crippen LogP contribution in [0.3, 0.4) is 0 Å². The van der Waals surface area contributed by atoms with E-state index in [-0.39, 0.29) is 5.91 Å². The van der Waals surface area contributed by atoms with Crippen LogP contribution in [0.5, 0.6) is 0 Å². The van der Waals surface area contributed by atoms with Gasteiger partial charge in [0.15, 0.2) is 0 Å². The van der Waals surface area contributed by atoms with Crippen LogP contribution in [-0.4, -0.2) is 38.5 Å². The average Bonchev–Trinajstić information content (AvgIpc) is 2.50. The Kier molecular flexibility index (Phi) is 6.21. The second-order valence-corrected chi connectivity index (χ2v) is 5.91. The average molecular weight is 291 g/mol. The molecule has 0 unspecified atom stereocenters. The van der Waals surface area contributed by atoms with Gasteiger partial charge in [-0.15, -0.1) is 0 Å². The van der Waals surface area contributed by atoms with E-state index in [0.29, 0.717) is 13.1 Å². The van der Waals surface area contributed by atoms with E-state index in [1.807, 2.05) is 35.0 Å². The van der Waals surface area contributed by atoms with Gasteiger partial charge in [0.25, 0.3) is 0 Å². The molecular weight excluding hydrogens is 262 g/mol. The number of hydrogen-bond donors (Lipinski definition) is 1. The first-order valence-corrected chi connectivity index (χ1v) is 7.62. The van der Waals surface area contributed by atoms with Crippen molar-refractivity contribution in [2.45, 2.75) is 33.2 Å². The summed E-state index contributed by atoms with van der Waals surface area (Å²) in [5, 5.41) is 0. The van der Waals surface area contributed by atoms with Crippen molar-refractivity contribution in [1.29, 1.82) is 0 Å². The van der Waals surface area contributed by atoms with Crippen molar-refractivity contribution in [1.82, 2.24) is 4.90 Å². The molecule has 1 aromatic carbocycles. The molecule has 0 aliphatic carbocycles. The number of hydrogen-bond acceptors (Lipinski definition) is 3. The number of rotatable bonds is 7. The second kappa shape index (κ2) is 7.46. The molecule has 0 bridgehead atoms. The van der Waals surface area contributed by atoms with E-state index in [9.17, 15) is 4.79 Å². The first-order chi connectivity index (χ1) is 9.90. The zero-order valence-corrected chi connectivity index (χ0v) is 14.0. The lowest BCUT2D eigenvalue weighted by Crippen LogP contribution is -2.45. The van der Waals surface area contributed by atoms with Crippen molar-refractivity contribution in [2.75, 3.05) is 32.6 Å². The van der Waals surface area contributed by atoms with Gasteiger partial charge in [-0.1, -0.05) is 26.0 Å². The Labute approximate surface area is 128 Å². The largest absolute Gasteiger partial charge is 0.378 e. The van der Waals surface area contributed by atoms with E-state index in [0.717, 1.165) is 24.1 Å². The molecule has 0 saturated carbocycles. The molecule has 0 aliphatic heterocycles. The van der Waals surface area contributed by atoms with Gasteiger partial charge < -0.3 is 15.5 Å². The quantitative estimate of drug-likeness (QED) is 0.839. The summed E-state index contributed by atoms with van der Waals surface area (Å²) in [6.45, 7) is 5.10. The molecule has 21 heavy (non-hydrogen) atoms. The number of nitrogens with two attached hydrogens (primary N) is 1. The molecule has 0 radical (unpaired) electrons. The zero-order valence-electron chi connectivity index (χ0n) is 14.0. The minimum atomic E-state index is -0.418. The molecular formula is C17H29N3O. The monoisotopic (exact) mass is 291 g/mol. The summed E-state index contributed by atoms with van der Waals surface area (Å²) in [7, 11) is 5.89. The van der Waals surface area contributed by atoms with Gasteiger partial charge in [0.1, 0.15) is 0 Å². The van der Waals surface area contributed by atoms with Crippen molar-refractivity contribution in [3.63, 3.8) is 0 Å². The highest BCUT2D eigenvalue weighted by Gasteiger charge is 2.35. The van der Waals surface area contributed by atoms with Gasteiger partial charge in [0.05, 0.1) is 5.41 Å². The third kappa shape index (κ3) is 3.97. The fourth-order valence-corrected chi connectivity index (χ4v) is 2.58. The maximum absolute atomic E-state index is 12.7. The second-order valence-electron chi connectivity index (χ2n) is 5.91. The van der Waals surface area contributed by atoms with Crippen LogP contribution in [0.2, 0.25) is 0 Å². The van der Waals surface area contributed by atoms with E-state index in [1.54, 1.807) is 4.90 Å². The number of benzene rings is 1. The van der Waals surface area contributed by atoms with Crippen LogP contribution < -0.4 is 10.6 Å². The summed E-state index contributed by atoms with van der Waals surface area (Å²) < 4.78 is 0. The molecule has 2 N–H and O–H groups in total. The minimum Gasteiger partial charge on any atom is -0.378 e. The van der Waals surface area contributed by atoms with Crippen molar-refractivity contribution in [2.24, 2.45) is 11.1 Å². The Balaban J connectivity index is 2.80. The van der Waals surface area contributed by atoms with Gasteiger partial charge in [-0.3, -0.25) is 4.79 Å². The van der Waals surface area contributed by atoms with Crippen LogP contribution in [0.4, 0.5) is 5.69 Å². The van der Waals surface area contributed by atoms with Crippen LogP contribution in [0.1, 0.15) is 32.3 Å². The van der Waals surface area contributed by atoms with Crippen molar-refractivity contribution in [3.8, 4) is 0 Å². The van der Waals surface area contributed by atoms with Crippen molar-refractivity contribution >= 4 is 11.6 Å². The molecule has 0 aliphatic rings. The number of anilines is 1. The Morgan fingerprint density at radius 1 is 1.10 bits per heavy atom. The third-order valence-electron chi connectivity index (χ3n) is 4.42. The Bertz CT molecular complexity index is 441. The van der Waals surface area contributed by atoms with Gasteiger partial charge in [-0.05, 0) is 30.5 Å². The van der Waals surface area contributed by atoms with Crippen molar-refractivity contribution < 1.29 is 4.79 Å². The molecule has 0 atom stereocenters. The fraction of sp³-hybridized carbons (Fsp3) is 0.588. The summed E-state index contributed by atoms with van der Waals surface area (Å²) in [4.78, 5) is 16.5. The van der Waals surface area contributed by atoms with Gasteiger partial charge in [0.2, 0.25) is 5.91 Å². The van der Waals surface area contributed by atoms with Crippen LogP contribution in [-0.2, 0) is 11.3 Å². The molecule has 4 nitrogen and oxygen atoms in total. The highest BCUT2D eigenvalue weighted by Crippen LogP contribution is 2.28. The SMILES string of the molecule is CCC(CC)(CN)C(=O)N(C)Cc1ccc(N(C)C)cc1. The molecule has 4 heteroatoms. The summed E-state index contributed by atoms with van der Waals surface area (Å²) in [5.74, 6) is 0.145. The number of nitrogens with zero attached hydrogens (tertiary/aromatic N) is 2. The lowest BCUT2D eigenvalue weighted by Gasteiger charge is -2.33. The van der Waals surface area contributed by atoms with E-state index in [2.05, 4.69) is 29.2 Å². The Hall–Kier alpha value is -1.55. The zero-order chi connectivity index (χ0) is 16.0. The van der Waals surface area contributed by atoms with Crippen LogP contribution in [0.25, 0.3) is 0 Å². The summed E-state index contributed by atoms with van der Waals surface area (Å²) in [6.07, 6.45) is 1.56. The standard InChI is InChI=1S/C17H29N3O/c1-6-17(7-2,13-18)16(21)20(5)12-14-8-10-15(11-9-14)19(3)4/h8-11H,6-7,12-13,18H2,1-5H3. The molecule has 0 saturated heterocycles. The molecule has 118 valence electrons. The fourth-order valence-electron chi connectivity index (χ4n) is 2.58. The molecule has 0 spiro atoms. The Morgan fingerprint density at radius 3 is 2.00 bits per heavy atom. The smallest absolute Gasteiger partial charge is 0.230 e. The lowest BCUT2D eigenvalue weighted by molar-refractivity contribution is -0.141. The maximum atomic E-state index is 12.7. The minimum absolute atomic E-state index is 0.145. The van der Waals surface area contributed by atoms with E-state index in [1.165, 1.54) is 0 Å². The first kappa shape index (κ1) is 17.5. The topological polar surface area (TPSA) is 49.6 Å². The van der Waals surface area contributed by atoms with Crippen LogP contribution in [0, 0.1) is 5.41 Å². The van der Waals surface area contributed by atoms with E-state index in [4.69, 9.17) is 5.73 Å². The Morgan fingerprint density at radius 2 is 1.62 bits per heavy atom. The van der Waals surface area contributed by atoms with Crippen LogP contribution >= 0.6 is 0 Å². The first-order valence-electron chi connectivity index (χ1n) is 7.62. The highest BCUT2D eigenvalue weighted by molar-refractivity contribution is 5.82. The maximum Gasteiger partial charge on any atom is 0.230 e. The molecule has 1 amide bonds. The number of amides is 1. The molecule has 1 rings (SSSR count). The molecule has 0 aromatic heterocycles. The van der Waals surface area contributed by atoms with Gasteiger partial charge >= 0.3 is 0 Å². The molecule has 0 fully saturated rings. The summed E-state index contributed by atoms with van der Waals surface area (Å²) in [5.41, 5.74) is 7.74. The molecule has 0 heterocycles. The van der Waals surface area contributed by atoms with Crippen molar-refractivity contribution in [3.05, 3.63) is 29.8 Å². The van der Waals surface area contributed by atoms with E-state index >= 15 is 0 Å². The number of carbonyl (C=O) groups excluding carboxylic acids is 1. The third-order valence-corrected chi connectivity index (χ3v) is 4.42. The highest BCUT2D eigenvalue weighted by atomic mass is 16.2. The number of carbonyl (C=O) groups is 1. The van der Waals surface area contributed by atoms with Gasteiger partial charge in [-0.2, -0.15) is 0 Å². The lowest BCUT2D eigenvalue weighted by atomic mass is 9.81. The summed E-state index contributed by atoms with van der Waals surface area (Å²) >= 11 is 0. The van der Waals surface area contributed by atoms with Crippen LogP contribution in [0.15, 0.2) is 24.3 Å². The normalized spacial score (nSPS) is 11.3. The van der Waals surface area contributed by atoms with E-state index < -0.39 is 5.41 Å². The van der Waals surface area contributed by atoms with Gasteiger partial charge in [0, 0.05) is 39.9 Å².